The summed E-state index contributed by atoms with van der Waals surface area (Å²) in [5.74, 6) is 1.04. The van der Waals surface area contributed by atoms with Gasteiger partial charge in [0.25, 0.3) is 0 Å². The van der Waals surface area contributed by atoms with Crippen molar-refractivity contribution in [3.8, 4) is 0 Å². The number of unbranched alkanes of at least 4 members (excludes halogenated alkanes) is 19. The monoisotopic (exact) mass is 408 g/mol. The van der Waals surface area contributed by atoms with Crippen molar-refractivity contribution in [2.75, 3.05) is 0 Å². The summed E-state index contributed by atoms with van der Waals surface area (Å²) in [6.45, 7) is 6.97. The molecule has 0 nitrogen and oxygen atoms in total. The lowest BCUT2D eigenvalue weighted by molar-refractivity contribution is 0.367. The zero-order chi connectivity index (χ0) is 21.3. The van der Waals surface area contributed by atoms with Gasteiger partial charge in [-0.1, -0.05) is 181 Å². The fourth-order valence-corrected chi connectivity index (χ4v) is 4.78. The van der Waals surface area contributed by atoms with Crippen LogP contribution in [0.5, 0.6) is 0 Å². The van der Waals surface area contributed by atoms with Crippen molar-refractivity contribution in [2.24, 2.45) is 5.92 Å². The van der Waals surface area contributed by atoms with E-state index >= 15 is 0 Å². The average Bonchev–Trinajstić information content (AvgIpc) is 2.73. The van der Waals surface area contributed by atoms with E-state index in [0.717, 1.165) is 5.92 Å². The van der Waals surface area contributed by atoms with E-state index in [9.17, 15) is 0 Å². The van der Waals surface area contributed by atoms with Crippen LogP contribution in [0.4, 0.5) is 0 Å². The molecule has 0 radical (unpaired) electrons. The van der Waals surface area contributed by atoms with Crippen LogP contribution in [0.25, 0.3) is 0 Å². The Kier molecular flexibility index (Phi) is 26.0. The topological polar surface area (TPSA) is 0 Å². The summed E-state index contributed by atoms with van der Waals surface area (Å²) in [6, 6.07) is 0. The second-order valence-corrected chi connectivity index (χ2v) is 9.95. The lowest BCUT2D eigenvalue weighted by Crippen LogP contribution is -2.01. The van der Waals surface area contributed by atoms with Gasteiger partial charge in [0.05, 0.1) is 0 Å². The standard InChI is InChI=1S/C29H60/c1-4-7-10-12-14-15-16-17-18-19-20-22-25-28-29(26-23-9-6-3)27-24-21-13-11-8-5-2/h29H,4-28H2,1-3H3. The van der Waals surface area contributed by atoms with Gasteiger partial charge in [-0.05, 0) is 5.92 Å². The molecule has 176 valence electrons. The van der Waals surface area contributed by atoms with Gasteiger partial charge < -0.3 is 0 Å². The van der Waals surface area contributed by atoms with Gasteiger partial charge in [0.1, 0.15) is 0 Å². The predicted molar refractivity (Wildman–Crippen MR) is 136 cm³/mol. The minimum Gasteiger partial charge on any atom is -0.0654 e. The highest BCUT2D eigenvalue weighted by Crippen LogP contribution is 2.24. The van der Waals surface area contributed by atoms with E-state index < -0.39 is 0 Å². The molecular formula is C29H60. The normalized spacial score (nSPS) is 12.5. The van der Waals surface area contributed by atoms with Crippen LogP contribution in [0, 0.1) is 5.92 Å². The predicted octanol–water partition coefficient (Wildman–Crippen LogP) is 11.4. The molecule has 0 fully saturated rings. The van der Waals surface area contributed by atoms with Crippen LogP contribution in [0.15, 0.2) is 0 Å². The number of hydrogen-bond donors (Lipinski definition) is 0. The average molecular weight is 409 g/mol. The van der Waals surface area contributed by atoms with Crippen LogP contribution in [0.3, 0.4) is 0 Å². The quantitative estimate of drug-likeness (QED) is 0.132. The van der Waals surface area contributed by atoms with Crippen LogP contribution < -0.4 is 0 Å². The molecule has 0 aliphatic heterocycles. The molecule has 0 aliphatic carbocycles. The van der Waals surface area contributed by atoms with E-state index in [1.54, 1.807) is 0 Å². The molecule has 0 heteroatoms. The fourth-order valence-electron chi connectivity index (χ4n) is 4.78. The molecule has 0 saturated carbocycles. The van der Waals surface area contributed by atoms with Gasteiger partial charge in [-0.2, -0.15) is 0 Å². The smallest absolute Gasteiger partial charge is 0.0414 e. The molecular weight excluding hydrogens is 348 g/mol. The molecule has 0 N–H and O–H groups in total. The van der Waals surface area contributed by atoms with E-state index in [1.807, 2.05) is 0 Å². The van der Waals surface area contributed by atoms with E-state index in [1.165, 1.54) is 161 Å². The third-order valence-electron chi connectivity index (χ3n) is 6.90. The third-order valence-corrected chi connectivity index (χ3v) is 6.90. The van der Waals surface area contributed by atoms with Crippen LogP contribution in [-0.2, 0) is 0 Å². The summed E-state index contributed by atoms with van der Waals surface area (Å²) < 4.78 is 0. The van der Waals surface area contributed by atoms with Crippen molar-refractivity contribution in [1.29, 1.82) is 0 Å². The molecule has 0 spiro atoms. The largest absolute Gasteiger partial charge is 0.0654 e. The zero-order valence-electron chi connectivity index (χ0n) is 21.3. The van der Waals surface area contributed by atoms with Crippen molar-refractivity contribution >= 4 is 0 Å². The Morgan fingerprint density at radius 1 is 0.276 bits per heavy atom. The second kappa shape index (κ2) is 26.0. The molecule has 29 heavy (non-hydrogen) atoms. The fraction of sp³-hybridized carbons (Fsp3) is 1.00. The lowest BCUT2D eigenvalue weighted by atomic mass is 9.89. The molecule has 0 aromatic carbocycles. The van der Waals surface area contributed by atoms with Crippen molar-refractivity contribution in [1.82, 2.24) is 0 Å². The molecule has 0 aromatic heterocycles. The summed E-state index contributed by atoms with van der Waals surface area (Å²) in [7, 11) is 0. The maximum Gasteiger partial charge on any atom is -0.0414 e. The van der Waals surface area contributed by atoms with Crippen molar-refractivity contribution in [3.63, 3.8) is 0 Å². The molecule has 0 rings (SSSR count). The highest BCUT2D eigenvalue weighted by atomic mass is 14.1. The first-order chi connectivity index (χ1) is 14.3. The van der Waals surface area contributed by atoms with Crippen LogP contribution in [-0.4, -0.2) is 0 Å². The number of rotatable bonds is 25. The van der Waals surface area contributed by atoms with E-state index in [2.05, 4.69) is 20.8 Å². The summed E-state index contributed by atoms with van der Waals surface area (Å²) in [5, 5.41) is 0. The Morgan fingerprint density at radius 3 is 0.793 bits per heavy atom. The van der Waals surface area contributed by atoms with Crippen molar-refractivity contribution < 1.29 is 0 Å². The molecule has 0 aromatic rings. The van der Waals surface area contributed by atoms with Crippen LogP contribution in [0.2, 0.25) is 0 Å². The Labute approximate surface area is 187 Å². The molecule has 0 aliphatic rings. The summed E-state index contributed by atoms with van der Waals surface area (Å²) in [6.07, 6.45) is 36.8. The first kappa shape index (κ1) is 29.0. The first-order valence-corrected chi connectivity index (χ1v) is 14.3. The Morgan fingerprint density at radius 2 is 0.483 bits per heavy atom. The van der Waals surface area contributed by atoms with Crippen molar-refractivity contribution in [2.45, 2.75) is 181 Å². The van der Waals surface area contributed by atoms with Crippen LogP contribution in [0.1, 0.15) is 181 Å². The highest BCUT2D eigenvalue weighted by molar-refractivity contribution is 4.62. The summed E-state index contributed by atoms with van der Waals surface area (Å²) in [4.78, 5) is 0. The molecule has 0 amide bonds. The van der Waals surface area contributed by atoms with Crippen molar-refractivity contribution in [3.05, 3.63) is 0 Å². The molecule has 1 unspecified atom stereocenters. The molecule has 0 bridgehead atoms. The van der Waals surface area contributed by atoms with Gasteiger partial charge in [-0.15, -0.1) is 0 Å². The van der Waals surface area contributed by atoms with Gasteiger partial charge in [-0.25, -0.2) is 0 Å². The van der Waals surface area contributed by atoms with Gasteiger partial charge in [0.2, 0.25) is 0 Å². The first-order valence-electron chi connectivity index (χ1n) is 14.3. The minimum atomic E-state index is 1.04. The van der Waals surface area contributed by atoms with E-state index in [4.69, 9.17) is 0 Å². The summed E-state index contributed by atoms with van der Waals surface area (Å²) in [5.41, 5.74) is 0. The van der Waals surface area contributed by atoms with Gasteiger partial charge >= 0.3 is 0 Å². The van der Waals surface area contributed by atoms with Crippen LogP contribution >= 0.6 is 0 Å². The third kappa shape index (κ3) is 24.1. The van der Waals surface area contributed by atoms with Gasteiger partial charge in [-0.3, -0.25) is 0 Å². The van der Waals surface area contributed by atoms with Gasteiger partial charge in [0, 0.05) is 0 Å². The Hall–Kier alpha value is 0. The zero-order valence-corrected chi connectivity index (χ0v) is 21.3. The lowest BCUT2D eigenvalue weighted by Gasteiger charge is -2.17. The highest BCUT2D eigenvalue weighted by Gasteiger charge is 2.08. The maximum atomic E-state index is 2.34. The Balaban J connectivity index is 3.53. The second-order valence-electron chi connectivity index (χ2n) is 9.95. The minimum absolute atomic E-state index is 1.04. The van der Waals surface area contributed by atoms with E-state index in [0.29, 0.717) is 0 Å². The SMILES string of the molecule is CCCCCCCCCCCCCCCC(CCCCC)CCCCCCCC. The number of hydrogen-bond acceptors (Lipinski definition) is 0. The molecule has 0 heterocycles. The molecule has 1 atom stereocenters. The van der Waals surface area contributed by atoms with Gasteiger partial charge in [0.15, 0.2) is 0 Å². The van der Waals surface area contributed by atoms with E-state index in [-0.39, 0.29) is 0 Å². The maximum absolute atomic E-state index is 2.34. The summed E-state index contributed by atoms with van der Waals surface area (Å²) >= 11 is 0. The Bertz CT molecular complexity index is 269. The molecule has 0 saturated heterocycles.